The number of fused-ring (bicyclic) bond motifs is 4. The number of halogens is 1. The molecule has 2 unspecified atom stereocenters. The number of nitrogens with two attached hydrogens (primary N) is 1. The van der Waals surface area contributed by atoms with E-state index in [0.717, 1.165) is 71.6 Å². The fourth-order valence-corrected chi connectivity index (χ4v) is 8.48. The zero-order valence-electron chi connectivity index (χ0n) is 26.8. The van der Waals surface area contributed by atoms with Crippen LogP contribution in [0, 0.1) is 29.1 Å². The average molecular weight is 661 g/mol. The standard InChI is InChI=1S/C37H37ClN8O2/c1-48-33-11-26(37(47)45-20-25-5-7-30(45)34(25)40)9-29-35(33)46(19-23-16-43(17-23)28-8-22(13-39)14-41-15-28)36(42-29)32-10-24-4-6-27(38)12-31(24)44(32)18-21-2-3-21/h4,6,8-12,14-15,21,23,25,30,34H,2-3,5,7,16-20,40H2,1H3/t25?,30?,34-/m1/s1. The molecule has 9 rings (SSSR count). The minimum absolute atomic E-state index is 0.00529. The lowest BCUT2D eigenvalue weighted by Gasteiger charge is -2.41. The summed E-state index contributed by atoms with van der Waals surface area (Å²) in [5.74, 6) is 2.82. The number of hydrogen-bond acceptors (Lipinski definition) is 7. The summed E-state index contributed by atoms with van der Waals surface area (Å²) in [5, 5.41) is 11.2. The van der Waals surface area contributed by atoms with E-state index < -0.39 is 0 Å². The number of imidazole rings is 1. The monoisotopic (exact) mass is 660 g/mol. The van der Waals surface area contributed by atoms with Crippen LogP contribution >= 0.6 is 11.6 Å². The predicted octanol–water partition coefficient (Wildman–Crippen LogP) is 5.69. The second-order valence-electron chi connectivity index (χ2n) is 14.1. The van der Waals surface area contributed by atoms with Crippen molar-refractivity contribution in [2.75, 3.05) is 31.6 Å². The largest absolute Gasteiger partial charge is 0.494 e. The molecule has 2 saturated carbocycles. The van der Waals surface area contributed by atoms with Gasteiger partial charge in [0, 0.05) is 72.9 Å². The van der Waals surface area contributed by atoms with Gasteiger partial charge >= 0.3 is 0 Å². The van der Waals surface area contributed by atoms with Crippen LogP contribution in [0.5, 0.6) is 5.75 Å². The van der Waals surface area contributed by atoms with E-state index in [-0.39, 0.29) is 18.0 Å². The number of rotatable bonds is 8. The minimum Gasteiger partial charge on any atom is -0.494 e. The molecule has 0 radical (unpaired) electrons. The number of aromatic nitrogens is 4. The fraction of sp³-hybridized carbons (Fsp3) is 0.405. The highest BCUT2D eigenvalue weighted by Crippen LogP contribution is 2.41. The number of nitrogens with zero attached hydrogens (tertiary/aromatic N) is 7. The van der Waals surface area contributed by atoms with Crippen LogP contribution in [-0.2, 0) is 13.1 Å². The molecule has 11 heteroatoms. The van der Waals surface area contributed by atoms with Crippen molar-refractivity contribution in [2.45, 2.75) is 50.9 Å². The smallest absolute Gasteiger partial charge is 0.254 e. The predicted molar refractivity (Wildman–Crippen MR) is 185 cm³/mol. The Labute approximate surface area is 283 Å². The average Bonchev–Trinajstić information content (AvgIpc) is 3.46. The molecule has 4 fully saturated rings. The molecule has 2 bridgehead atoms. The van der Waals surface area contributed by atoms with Gasteiger partial charge in [-0.25, -0.2) is 4.98 Å². The number of pyridine rings is 1. The molecule has 4 aliphatic rings. The second kappa shape index (κ2) is 11.2. The molecule has 5 heterocycles. The topological polar surface area (TPSA) is 118 Å². The van der Waals surface area contributed by atoms with E-state index in [1.165, 1.54) is 12.8 Å². The van der Waals surface area contributed by atoms with E-state index in [0.29, 0.717) is 52.7 Å². The van der Waals surface area contributed by atoms with Crippen LogP contribution < -0.4 is 15.4 Å². The number of amides is 1. The summed E-state index contributed by atoms with van der Waals surface area (Å²) in [6.07, 6.45) is 7.89. The van der Waals surface area contributed by atoms with Crippen molar-refractivity contribution in [1.29, 1.82) is 5.26 Å². The first-order valence-electron chi connectivity index (χ1n) is 16.9. The molecule has 244 valence electrons. The lowest BCUT2D eigenvalue weighted by atomic mass is 9.98. The number of carbonyl (C=O) groups excluding carboxylic acids is 1. The van der Waals surface area contributed by atoms with E-state index in [4.69, 9.17) is 27.1 Å². The summed E-state index contributed by atoms with van der Waals surface area (Å²) in [6, 6.07) is 16.3. The summed E-state index contributed by atoms with van der Waals surface area (Å²) < 4.78 is 10.7. The van der Waals surface area contributed by atoms with E-state index in [2.05, 4.69) is 43.3 Å². The van der Waals surface area contributed by atoms with Gasteiger partial charge in [-0.1, -0.05) is 17.7 Å². The Kier molecular flexibility index (Phi) is 6.92. The summed E-state index contributed by atoms with van der Waals surface area (Å²) in [6.45, 7) is 3.98. The Morgan fingerprint density at radius 1 is 1.02 bits per heavy atom. The number of ether oxygens (including phenoxy) is 1. The normalized spacial score (nSPS) is 22.1. The summed E-state index contributed by atoms with van der Waals surface area (Å²) in [7, 11) is 1.67. The molecule has 3 aromatic heterocycles. The molecule has 2 saturated heterocycles. The molecule has 10 nitrogen and oxygen atoms in total. The zero-order valence-corrected chi connectivity index (χ0v) is 27.6. The van der Waals surface area contributed by atoms with Gasteiger partial charge in [-0.3, -0.25) is 9.78 Å². The van der Waals surface area contributed by atoms with Gasteiger partial charge in [0.15, 0.2) is 5.82 Å². The molecule has 2 aliphatic carbocycles. The molecule has 2 N–H and O–H groups in total. The van der Waals surface area contributed by atoms with Crippen LogP contribution in [0.1, 0.15) is 41.6 Å². The Hall–Kier alpha value is -4.59. The van der Waals surface area contributed by atoms with E-state index in [1.807, 2.05) is 35.4 Å². The summed E-state index contributed by atoms with van der Waals surface area (Å²) >= 11 is 6.52. The first kappa shape index (κ1) is 29.5. The molecule has 0 spiro atoms. The number of hydrogen-bond donors (Lipinski definition) is 1. The maximum Gasteiger partial charge on any atom is 0.254 e. The number of methoxy groups -OCH3 is 1. The van der Waals surface area contributed by atoms with Crippen molar-refractivity contribution in [3.05, 3.63) is 71.0 Å². The van der Waals surface area contributed by atoms with Gasteiger partial charge in [0.05, 0.1) is 41.3 Å². The SMILES string of the molecule is COc1cc(C(=O)N2CC3CCC2[C@@H]3N)cc2nc(-c3cc4ccc(Cl)cc4n3CC3CC3)n(CC3CN(c4cncc(C#N)c4)C3)c12. The van der Waals surface area contributed by atoms with Crippen LogP contribution in [0.3, 0.4) is 0 Å². The van der Waals surface area contributed by atoms with Crippen LogP contribution in [-0.4, -0.2) is 68.7 Å². The van der Waals surface area contributed by atoms with E-state index in [9.17, 15) is 10.1 Å². The van der Waals surface area contributed by atoms with Gasteiger partial charge in [0.2, 0.25) is 0 Å². The molecule has 1 amide bonds. The van der Waals surface area contributed by atoms with Crippen molar-refractivity contribution in [2.24, 2.45) is 23.5 Å². The van der Waals surface area contributed by atoms with Gasteiger partial charge < -0.3 is 29.4 Å². The van der Waals surface area contributed by atoms with Crippen molar-refractivity contribution >= 4 is 45.1 Å². The lowest BCUT2D eigenvalue weighted by molar-refractivity contribution is 0.0700. The van der Waals surface area contributed by atoms with Gasteiger partial charge in [0.25, 0.3) is 5.91 Å². The Morgan fingerprint density at radius 3 is 2.58 bits per heavy atom. The molecule has 2 aliphatic heterocycles. The van der Waals surface area contributed by atoms with Gasteiger partial charge in [-0.15, -0.1) is 0 Å². The third kappa shape index (κ3) is 4.82. The molecule has 2 aromatic carbocycles. The number of benzene rings is 2. The quantitative estimate of drug-likeness (QED) is 0.227. The third-order valence-corrected chi connectivity index (χ3v) is 11.3. The minimum atomic E-state index is -0.00529. The second-order valence-corrected chi connectivity index (χ2v) is 14.6. The first-order chi connectivity index (χ1) is 23.4. The number of nitriles is 1. The number of likely N-dealkylation sites (tertiary alicyclic amines) is 1. The van der Waals surface area contributed by atoms with Crippen molar-refractivity contribution in [1.82, 2.24) is 24.0 Å². The fourth-order valence-electron chi connectivity index (χ4n) is 8.31. The number of carbonyl (C=O) groups is 1. The van der Waals surface area contributed by atoms with E-state index in [1.54, 1.807) is 13.3 Å². The van der Waals surface area contributed by atoms with Crippen molar-refractivity contribution in [3.8, 4) is 23.3 Å². The van der Waals surface area contributed by atoms with Gasteiger partial charge in [0.1, 0.15) is 17.3 Å². The van der Waals surface area contributed by atoms with Crippen molar-refractivity contribution < 1.29 is 9.53 Å². The number of piperidine rings is 1. The highest BCUT2D eigenvalue weighted by atomic mass is 35.5. The molecule has 48 heavy (non-hydrogen) atoms. The van der Waals surface area contributed by atoms with Gasteiger partial charge in [-0.05, 0) is 73.9 Å². The summed E-state index contributed by atoms with van der Waals surface area (Å²) in [5.41, 5.74) is 12.3. The molecule has 3 atom stereocenters. The van der Waals surface area contributed by atoms with Crippen LogP contribution in [0.4, 0.5) is 5.69 Å². The Bertz CT molecular complexity index is 2140. The summed E-state index contributed by atoms with van der Waals surface area (Å²) in [4.78, 5) is 27.8. The Balaban J connectivity index is 1.14. The molecular weight excluding hydrogens is 624 g/mol. The van der Waals surface area contributed by atoms with E-state index >= 15 is 0 Å². The van der Waals surface area contributed by atoms with Crippen molar-refractivity contribution in [3.63, 3.8) is 0 Å². The highest BCUT2D eigenvalue weighted by Gasteiger charge is 2.47. The van der Waals surface area contributed by atoms with Crippen LogP contribution in [0.15, 0.2) is 54.9 Å². The third-order valence-electron chi connectivity index (χ3n) is 11.0. The first-order valence-corrected chi connectivity index (χ1v) is 17.3. The van der Waals surface area contributed by atoms with Crippen LogP contribution in [0.2, 0.25) is 5.02 Å². The van der Waals surface area contributed by atoms with Crippen LogP contribution in [0.25, 0.3) is 33.5 Å². The Morgan fingerprint density at radius 2 is 1.85 bits per heavy atom. The number of anilines is 1. The zero-order chi connectivity index (χ0) is 32.7. The lowest BCUT2D eigenvalue weighted by Crippen LogP contribution is -2.48. The maximum absolute atomic E-state index is 14.0. The highest BCUT2D eigenvalue weighted by molar-refractivity contribution is 6.31. The maximum atomic E-state index is 14.0. The molecule has 5 aromatic rings. The van der Waals surface area contributed by atoms with Gasteiger partial charge in [-0.2, -0.15) is 5.26 Å². The molecular formula is C37H37ClN8O2.